The van der Waals surface area contributed by atoms with E-state index in [0.717, 1.165) is 25.9 Å². The molecule has 2 N–H and O–H groups in total. The van der Waals surface area contributed by atoms with Gasteiger partial charge in [0.2, 0.25) is 5.91 Å². The number of carbonyl (C=O) groups excluding carboxylic acids is 1. The molecule has 118 valence electrons. The maximum atomic E-state index is 11.8. The average Bonchev–Trinajstić information content (AvgIpc) is 2.93. The van der Waals surface area contributed by atoms with Crippen LogP contribution >= 0.6 is 0 Å². The average molecular weight is 296 g/mol. The van der Waals surface area contributed by atoms with Crippen molar-refractivity contribution in [2.75, 3.05) is 38.7 Å². The Morgan fingerprint density at radius 1 is 1.48 bits per heavy atom. The molecule has 1 amide bonds. The van der Waals surface area contributed by atoms with Gasteiger partial charge in [0.1, 0.15) is 0 Å². The van der Waals surface area contributed by atoms with Gasteiger partial charge in [0.25, 0.3) is 0 Å². The topological polar surface area (TPSA) is 77.4 Å². The molecule has 0 aliphatic carbocycles. The fourth-order valence-corrected chi connectivity index (χ4v) is 2.24. The lowest BCUT2D eigenvalue weighted by Gasteiger charge is -2.22. The Morgan fingerprint density at radius 2 is 2.29 bits per heavy atom. The number of anilines is 1. The third-order valence-electron chi connectivity index (χ3n) is 3.41. The minimum Gasteiger partial charge on any atom is -0.383 e. The molecule has 21 heavy (non-hydrogen) atoms. The molecule has 0 radical (unpaired) electrons. The maximum Gasteiger partial charge on any atom is 0.226 e. The van der Waals surface area contributed by atoms with E-state index in [-0.39, 0.29) is 12.0 Å². The Hall–Kier alpha value is -1.44. The van der Waals surface area contributed by atoms with Crippen LogP contribution in [0.3, 0.4) is 0 Å². The largest absolute Gasteiger partial charge is 0.383 e. The Kier molecular flexibility index (Phi) is 6.65. The number of rotatable bonds is 8. The minimum absolute atomic E-state index is 0.0461. The number of ether oxygens (including phenoxy) is 2. The van der Waals surface area contributed by atoms with E-state index in [2.05, 4.69) is 15.7 Å². The molecule has 0 atom stereocenters. The molecule has 0 unspecified atom stereocenters. The van der Waals surface area contributed by atoms with Crippen LogP contribution in [-0.2, 0) is 20.8 Å². The first kappa shape index (κ1) is 15.9. The lowest BCUT2D eigenvalue weighted by Crippen LogP contribution is -2.33. The smallest absolute Gasteiger partial charge is 0.226 e. The minimum atomic E-state index is -0.0461. The van der Waals surface area contributed by atoms with Crippen molar-refractivity contribution in [1.82, 2.24) is 15.1 Å². The van der Waals surface area contributed by atoms with Gasteiger partial charge in [-0.2, -0.15) is 5.10 Å². The monoisotopic (exact) mass is 296 g/mol. The van der Waals surface area contributed by atoms with Gasteiger partial charge in [0.15, 0.2) is 0 Å². The number of amides is 1. The van der Waals surface area contributed by atoms with E-state index < -0.39 is 0 Å². The zero-order valence-corrected chi connectivity index (χ0v) is 12.5. The highest BCUT2D eigenvalue weighted by Crippen LogP contribution is 2.09. The number of nitrogens with one attached hydrogen (secondary N) is 2. The third kappa shape index (κ3) is 5.82. The molecule has 1 saturated heterocycles. The van der Waals surface area contributed by atoms with Crippen molar-refractivity contribution < 1.29 is 14.3 Å². The molecule has 2 heterocycles. The third-order valence-corrected chi connectivity index (χ3v) is 3.41. The summed E-state index contributed by atoms with van der Waals surface area (Å²) in [6.07, 6.45) is 6.14. The molecular weight excluding hydrogens is 272 g/mol. The quantitative estimate of drug-likeness (QED) is 0.735. The number of hydrogen-bond donors (Lipinski definition) is 2. The van der Waals surface area contributed by atoms with E-state index in [1.807, 2.05) is 0 Å². The molecule has 1 aliphatic heterocycles. The zero-order valence-electron chi connectivity index (χ0n) is 12.5. The number of nitrogens with zero attached hydrogens (tertiary/aromatic N) is 2. The van der Waals surface area contributed by atoms with Crippen molar-refractivity contribution in [2.24, 2.45) is 0 Å². The number of methoxy groups -OCH3 is 1. The van der Waals surface area contributed by atoms with Crippen LogP contribution in [0.1, 0.15) is 19.3 Å². The van der Waals surface area contributed by atoms with Crippen molar-refractivity contribution in [1.29, 1.82) is 0 Å². The van der Waals surface area contributed by atoms with Gasteiger partial charge in [-0.05, 0) is 25.9 Å². The first-order valence-corrected chi connectivity index (χ1v) is 7.41. The standard InChI is InChI=1S/C14H24N4O3/c1-20-9-7-18-11-12(10-16-18)17-14(19)4-8-21-13-2-5-15-6-3-13/h10-11,13,15H,2-9H2,1H3,(H,17,19). The summed E-state index contributed by atoms with van der Waals surface area (Å²) in [5, 5.41) is 10.3. The Bertz CT molecular complexity index is 430. The molecule has 1 aromatic heterocycles. The van der Waals surface area contributed by atoms with Gasteiger partial charge < -0.3 is 20.1 Å². The summed E-state index contributed by atoms with van der Waals surface area (Å²) in [5.41, 5.74) is 0.706. The fraction of sp³-hybridized carbons (Fsp3) is 0.714. The van der Waals surface area contributed by atoms with Crippen molar-refractivity contribution in [3.05, 3.63) is 12.4 Å². The van der Waals surface area contributed by atoms with Crippen molar-refractivity contribution in [3.63, 3.8) is 0 Å². The second-order valence-electron chi connectivity index (χ2n) is 5.10. The molecule has 2 rings (SSSR count). The lowest BCUT2D eigenvalue weighted by atomic mass is 10.1. The van der Waals surface area contributed by atoms with Gasteiger partial charge in [-0.1, -0.05) is 0 Å². The molecule has 0 bridgehead atoms. The molecule has 1 aromatic rings. The molecule has 1 fully saturated rings. The predicted octanol–water partition coefficient (Wildman–Crippen LogP) is 0.627. The van der Waals surface area contributed by atoms with Crippen molar-refractivity contribution in [2.45, 2.75) is 31.9 Å². The highest BCUT2D eigenvalue weighted by molar-refractivity contribution is 5.90. The SMILES string of the molecule is COCCn1cc(NC(=O)CCOC2CCNCC2)cn1. The highest BCUT2D eigenvalue weighted by atomic mass is 16.5. The Morgan fingerprint density at radius 3 is 3.05 bits per heavy atom. The van der Waals surface area contributed by atoms with Crippen LogP contribution in [0, 0.1) is 0 Å². The van der Waals surface area contributed by atoms with E-state index in [1.54, 1.807) is 24.2 Å². The molecule has 0 saturated carbocycles. The van der Waals surface area contributed by atoms with Gasteiger partial charge in [0, 0.05) is 13.3 Å². The Labute approximate surface area is 125 Å². The van der Waals surface area contributed by atoms with Crippen LogP contribution in [0.2, 0.25) is 0 Å². The second kappa shape index (κ2) is 8.76. The van der Waals surface area contributed by atoms with Crippen molar-refractivity contribution in [3.8, 4) is 0 Å². The number of aromatic nitrogens is 2. The molecule has 7 nitrogen and oxygen atoms in total. The first-order chi connectivity index (χ1) is 10.3. The van der Waals surface area contributed by atoms with Crippen LogP contribution in [0.15, 0.2) is 12.4 Å². The summed E-state index contributed by atoms with van der Waals surface area (Å²) < 4.78 is 12.4. The summed E-state index contributed by atoms with van der Waals surface area (Å²) in [6.45, 7) is 3.73. The molecule has 0 spiro atoms. The van der Waals surface area contributed by atoms with Crippen LogP contribution in [0.25, 0.3) is 0 Å². The number of carbonyl (C=O) groups is 1. The van der Waals surface area contributed by atoms with Crippen LogP contribution < -0.4 is 10.6 Å². The fourth-order valence-electron chi connectivity index (χ4n) is 2.24. The lowest BCUT2D eigenvalue weighted by molar-refractivity contribution is -0.117. The normalized spacial score (nSPS) is 16.0. The van der Waals surface area contributed by atoms with E-state index in [0.29, 0.717) is 31.9 Å². The molecule has 1 aliphatic rings. The summed E-state index contributed by atoms with van der Waals surface area (Å²) in [5.74, 6) is -0.0461. The first-order valence-electron chi connectivity index (χ1n) is 7.41. The molecule has 0 aromatic carbocycles. The van der Waals surface area contributed by atoms with Gasteiger partial charge in [-0.25, -0.2) is 0 Å². The van der Waals surface area contributed by atoms with E-state index in [1.165, 1.54) is 0 Å². The second-order valence-corrected chi connectivity index (χ2v) is 5.10. The molecule has 7 heteroatoms. The van der Waals surface area contributed by atoms with Crippen LogP contribution in [0.5, 0.6) is 0 Å². The van der Waals surface area contributed by atoms with Crippen LogP contribution in [0.4, 0.5) is 5.69 Å². The van der Waals surface area contributed by atoms with Gasteiger partial charge in [-0.15, -0.1) is 0 Å². The highest BCUT2D eigenvalue weighted by Gasteiger charge is 2.13. The number of hydrogen-bond acceptors (Lipinski definition) is 5. The summed E-state index contributed by atoms with van der Waals surface area (Å²) >= 11 is 0. The van der Waals surface area contributed by atoms with E-state index in [9.17, 15) is 4.79 Å². The summed E-state index contributed by atoms with van der Waals surface area (Å²) in [7, 11) is 1.65. The van der Waals surface area contributed by atoms with Gasteiger partial charge in [0.05, 0.1) is 44.2 Å². The molecular formula is C14H24N4O3. The summed E-state index contributed by atoms with van der Waals surface area (Å²) in [6, 6.07) is 0. The van der Waals surface area contributed by atoms with Crippen molar-refractivity contribution >= 4 is 11.6 Å². The predicted molar refractivity (Wildman–Crippen MR) is 79.2 cm³/mol. The van der Waals surface area contributed by atoms with Gasteiger partial charge in [-0.3, -0.25) is 9.48 Å². The van der Waals surface area contributed by atoms with Gasteiger partial charge >= 0.3 is 0 Å². The van der Waals surface area contributed by atoms with Crippen LogP contribution in [-0.4, -0.2) is 55.2 Å². The summed E-state index contributed by atoms with van der Waals surface area (Å²) in [4.78, 5) is 11.8. The number of piperidine rings is 1. The zero-order chi connectivity index (χ0) is 14.9. The van der Waals surface area contributed by atoms with E-state index >= 15 is 0 Å². The maximum absolute atomic E-state index is 11.8. The Balaban J connectivity index is 1.63. The van der Waals surface area contributed by atoms with E-state index in [4.69, 9.17) is 9.47 Å².